The smallest absolute Gasteiger partial charge is 0.246 e. The van der Waals surface area contributed by atoms with Gasteiger partial charge in [-0.05, 0) is 35.7 Å². The van der Waals surface area contributed by atoms with Crippen molar-refractivity contribution in [1.82, 2.24) is 14.8 Å². The Bertz CT molecular complexity index is 1460. The number of carbonyl (C=O) groups excluding carboxylic acids is 2. The highest BCUT2D eigenvalue weighted by Gasteiger charge is 2.48. The number of hydrogen-bond acceptors (Lipinski definition) is 3. The van der Waals surface area contributed by atoms with E-state index in [1.165, 1.54) is 0 Å². The molecule has 1 aromatic heterocycles. The van der Waals surface area contributed by atoms with Crippen LogP contribution in [0.15, 0.2) is 72.8 Å². The van der Waals surface area contributed by atoms with Crippen LogP contribution in [0.25, 0.3) is 10.9 Å². The molecule has 3 aromatic carbocycles. The van der Waals surface area contributed by atoms with E-state index in [0.29, 0.717) is 13.0 Å². The van der Waals surface area contributed by atoms with Crippen molar-refractivity contribution < 1.29 is 14.3 Å². The number of aryl methyl sites for hydroxylation is 1. The molecule has 2 amide bonds. The Hall–Kier alpha value is -4.06. The van der Waals surface area contributed by atoms with Gasteiger partial charge in [0.15, 0.2) is 0 Å². The number of H-pyrrole nitrogens is 1. The Labute approximate surface area is 204 Å². The molecular formula is C29H27N3O3. The molecule has 0 radical (unpaired) electrons. The predicted octanol–water partition coefficient (Wildman–Crippen LogP) is 4.37. The van der Waals surface area contributed by atoms with Crippen molar-refractivity contribution in [3.63, 3.8) is 0 Å². The minimum Gasteiger partial charge on any atom is -0.496 e. The van der Waals surface area contributed by atoms with Gasteiger partial charge in [-0.15, -0.1) is 0 Å². The van der Waals surface area contributed by atoms with Gasteiger partial charge in [-0.2, -0.15) is 0 Å². The Morgan fingerprint density at radius 2 is 1.71 bits per heavy atom. The van der Waals surface area contributed by atoms with Gasteiger partial charge in [0, 0.05) is 35.1 Å². The molecule has 6 heteroatoms. The van der Waals surface area contributed by atoms with Crippen molar-refractivity contribution in [2.75, 3.05) is 13.7 Å². The van der Waals surface area contributed by atoms with E-state index in [2.05, 4.69) is 36.2 Å². The van der Waals surface area contributed by atoms with Crippen molar-refractivity contribution in [1.29, 1.82) is 0 Å². The second kappa shape index (κ2) is 8.31. The molecule has 0 saturated carbocycles. The third kappa shape index (κ3) is 3.40. The number of aromatic nitrogens is 1. The fraction of sp³-hybridized carbons (Fsp3) is 0.241. The fourth-order valence-corrected chi connectivity index (χ4v) is 5.71. The van der Waals surface area contributed by atoms with Crippen LogP contribution in [0, 0.1) is 6.92 Å². The highest BCUT2D eigenvalue weighted by molar-refractivity contribution is 5.97. The number of benzene rings is 3. The molecule has 3 heterocycles. The Morgan fingerprint density at radius 3 is 2.54 bits per heavy atom. The van der Waals surface area contributed by atoms with Crippen molar-refractivity contribution in [3.05, 3.63) is 101 Å². The number of carbonyl (C=O) groups is 2. The zero-order valence-electron chi connectivity index (χ0n) is 19.8. The first-order chi connectivity index (χ1) is 17.1. The van der Waals surface area contributed by atoms with Gasteiger partial charge in [-0.3, -0.25) is 9.59 Å². The van der Waals surface area contributed by atoms with E-state index in [4.69, 9.17) is 4.74 Å². The van der Waals surface area contributed by atoms with Crippen LogP contribution in [0.4, 0.5) is 0 Å². The zero-order valence-corrected chi connectivity index (χ0v) is 19.8. The van der Waals surface area contributed by atoms with Crippen LogP contribution in [0.3, 0.4) is 0 Å². The van der Waals surface area contributed by atoms with E-state index in [1.54, 1.807) is 12.0 Å². The number of ether oxygens (including phenoxy) is 1. The summed E-state index contributed by atoms with van der Waals surface area (Å²) in [5.41, 5.74) is 6.20. The van der Waals surface area contributed by atoms with Gasteiger partial charge in [-0.1, -0.05) is 60.7 Å². The lowest BCUT2D eigenvalue weighted by molar-refractivity contribution is -0.159. The Balaban J connectivity index is 1.46. The second-order valence-corrected chi connectivity index (χ2v) is 9.35. The Kier molecular flexibility index (Phi) is 5.10. The average Bonchev–Trinajstić information content (AvgIpc) is 3.25. The third-order valence-corrected chi connectivity index (χ3v) is 7.38. The number of piperazine rings is 1. The number of para-hydroxylation sites is 2. The average molecular weight is 466 g/mol. The number of rotatable bonds is 4. The van der Waals surface area contributed by atoms with Crippen LogP contribution < -0.4 is 4.74 Å². The number of nitrogens with one attached hydrogen (secondary N) is 1. The van der Waals surface area contributed by atoms with Gasteiger partial charge in [0.25, 0.3) is 0 Å². The topological polar surface area (TPSA) is 65.6 Å². The summed E-state index contributed by atoms with van der Waals surface area (Å²) in [5, 5.41) is 1.11. The zero-order chi connectivity index (χ0) is 24.1. The summed E-state index contributed by atoms with van der Waals surface area (Å²) in [6.07, 6.45) is 0.495. The molecule has 6 rings (SSSR count). The van der Waals surface area contributed by atoms with Crippen LogP contribution in [0.5, 0.6) is 5.75 Å². The van der Waals surface area contributed by atoms with Crippen molar-refractivity contribution in [2.24, 2.45) is 0 Å². The number of amides is 2. The number of hydrogen-bond donors (Lipinski definition) is 1. The van der Waals surface area contributed by atoms with E-state index >= 15 is 0 Å². The van der Waals surface area contributed by atoms with E-state index in [0.717, 1.165) is 44.6 Å². The number of methoxy groups -OCH3 is 1. The molecule has 4 aromatic rings. The summed E-state index contributed by atoms with van der Waals surface area (Å²) in [5.74, 6) is 0.655. The van der Waals surface area contributed by atoms with Crippen LogP contribution in [0.2, 0.25) is 0 Å². The first kappa shape index (κ1) is 21.5. The maximum atomic E-state index is 13.9. The lowest BCUT2D eigenvalue weighted by Gasteiger charge is -2.47. The lowest BCUT2D eigenvalue weighted by atomic mass is 9.85. The van der Waals surface area contributed by atoms with Gasteiger partial charge >= 0.3 is 0 Å². The maximum absolute atomic E-state index is 13.9. The lowest BCUT2D eigenvalue weighted by Crippen LogP contribution is -2.62. The molecule has 0 spiro atoms. The van der Waals surface area contributed by atoms with Crippen molar-refractivity contribution in [2.45, 2.75) is 32.0 Å². The summed E-state index contributed by atoms with van der Waals surface area (Å²) in [7, 11) is 1.62. The maximum Gasteiger partial charge on any atom is 0.246 e. The standard InChI is InChI=1S/C29H27N3O3/c1-18-9-3-5-11-20(18)28-27-22(21-12-6-7-13-23(21)30-27)15-24-29(34)31(17-26(33)32(24)28)16-19-10-4-8-14-25(19)35-2/h3-14,24,28,30H,15-17H2,1-2H3/t24-,28-/m0/s1. The van der Waals surface area contributed by atoms with Crippen LogP contribution in [-0.2, 0) is 22.6 Å². The molecule has 1 N–H and O–H groups in total. The fourth-order valence-electron chi connectivity index (χ4n) is 5.71. The predicted molar refractivity (Wildman–Crippen MR) is 134 cm³/mol. The van der Waals surface area contributed by atoms with Gasteiger partial charge in [0.05, 0.1) is 13.2 Å². The van der Waals surface area contributed by atoms with Crippen LogP contribution in [-0.4, -0.2) is 46.3 Å². The summed E-state index contributed by atoms with van der Waals surface area (Å²) in [6, 6.07) is 23.1. The normalized spacial score (nSPS) is 19.6. The summed E-state index contributed by atoms with van der Waals surface area (Å²) < 4.78 is 5.49. The number of nitrogens with zero attached hydrogens (tertiary/aromatic N) is 2. The highest BCUT2D eigenvalue weighted by atomic mass is 16.5. The van der Waals surface area contributed by atoms with Gasteiger partial charge < -0.3 is 19.5 Å². The molecule has 2 aliphatic heterocycles. The van der Waals surface area contributed by atoms with Gasteiger partial charge in [-0.25, -0.2) is 0 Å². The second-order valence-electron chi connectivity index (χ2n) is 9.35. The molecular weight excluding hydrogens is 438 g/mol. The van der Waals surface area contributed by atoms with E-state index < -0.39 is 6.04 Å². The van der Waals surface area contributed by atoms with Crippen LogP contribution in [0.1, 0.15) is 34.0 Å². The number of fused-ring (bicyclic) bond motifs is 4. The largest absolute Gasteiger partial charge is 0.496 e. The SMILES string of the molecule is COc1ccccc1CN1CC(=O)N2[C@@H](c3ccccc3C)c3[nH]c4ccccc4c3C[C@H]2C1=O. The molecule has 1 fully saturated rings. The van der Waals surface area contributed by atoms with Crippen molar-refractivity contribution in [3.8, 4) is 5.75 Å². The van der Waals surface area contributed by atoms with Gasteiger partial charge in [0.2, 0.25) is 11.8 Å². The van der Waals surface area contributed by atoms with E-state index in [-0.39, 0.29) is 24.4 Å². The monoisotopic (exact) mass is 465 g/mol. The summed E-state index contributed by atoms with van der Waals surface area (Å²) >= 11 is 0. The minimum atomic E-state index is -0.553. The first-order valence-corrected chi connectivity index (χ1v) is 11.9. The molecule has 1 saturated heterocycles. The van der Waals surface area contributed by atoms with E-state index in [9.17, 15) is 9.59 Å². The number of aromatic amines is 1. The molecule has 2 atom stereocenters. The first-order valence-electron chi connectivity index (χ1n) is 11.9. The minimum absolute atomic E-state index is 0.0231. The van der Waals surface area contributed by atoms with Crippen molar-refractivity contribution >= 4 is 22.7 Å². The molecule has 2 aliphatic rings. The molecule has 0 bridgehead atoms. The third-order valence-electron chi connectivity index (χ3n) is 7.38. The van der Waals surface area contributed by atoms with Gasteiger partial charge in [0.1, 0.15) is 18.3 Å². The summed E-state index contributed by atoms with van der Waals surface area (Å²) in [4.78, 5) is 34.7. The molecule has 0 aliphatic carbocycles. The molecule has 6 nitrogen and oxygen atoms in total. The molecule has 176 valence electrons. The quantitative estimate of drug-likeness (QED) is 0.487. The molecule has 0 unspecified atom stereocenters. The van der Waals surface area contributed by atoms with E-state index in [1.807, 2.05) is 53.4 Å². The Morgan fingerprint density at radius 1 is 0.971 bits per heavy atom. The summed E-state index contributed by atoms with van der Waals surface area (Å²) in [6.45, 7) is 2.45. The molecule has 35 heavy (non-hydrogen) atoms. The van der Waals surface area contributed by atoms with Crippen LogP contribution >= 0.6 is 0 Å². The highest BCUT2D eigenvalue weighted by Crippen LogP contribution is 2.43.